The first-order chi connectivity index (χ1) is 7.29. The second-order valence-electron chi connectivity index (χ2n) is 3.44. The summed E-state index contributed by atoms with van der Waals surface area (Å²) in [5, 5.41) is 9.27. The molecule has 0 aliphatic carbocycles. The molecular weight excluding hydrogens is 196 g/mol. The number of rotatable bonds is 3. The Morgan fingerprint density at radius 2 is 2.27 bits per heavy atom. The minimum Gasteiger partial charge on any atom is -0.508 e. The molecule has 0 radical (unpaired) electrons. The van der Waals surface area contributed by atoms with Crippen LogP contribution in [0.15, 0.2) is 18.2 Å². The van der Waals surface area contributed by atoms with E-state index in [-0.39, 0.29) is 11.9 Å². The van der Waals surface area contributed by atoms with E-state index in [4.69, 9.17) is 14.2 Å². The zero-order chi connectivity index (χ0) is 10.7. The maximum absolute atomic E-state index is 9.27. The van der Waals surface area contributed by atoms with Gasteiger partial charge in [0.05, 0.1) is 20.3 Å². The van der Waals surface area contributed by atoms with Crippen molar-refractivity contribution in [2.75, 3.05) is 20.3 Å². The molecule has 0 bridgehead atoms. The van der Waals surface area contributed by atoms with Gasteiger partial charge in [-0.25, -0.2) is 0 Å². The minimum absolute atomic E-state index is 0.0865. The normalized spacial score (nSPS) is 20.2. The molecule has 1 aromatic carbocycles. The van der Waals surface area contributed by atoms with E-state index in [1.54, 1.807) is 19.2 Å². The summed E-state index contributed by atoms with van der Waals surface area (Å²) in [5.74, 6) is 1.36. The highest BCUT2D eigenvalue weighted by Crippen LogP contribution is 2.32. The highest BCUT2D eigenvalue weighted by atomic mass is 16.6. The minimum atomic E-state index is 0.0865. The monoisotopic (exact) mass is 210 g/mol. The molecule has 1 aromatic rings. The van der Waals surface area contributed by atoms with E-state index in [0.717, 1.165) is 13.0 Å². The molecule has 0 saturated carbocycles. The molecule has 0 spiro atoms. The van der Waals surface area contributed by atoms with Crippen molar-refractivity contribution < 1.29 is 19.3 Å². The van der Waals surface area contributed by atoms with Crippen LogP contribution in [-0.4, -0.2) is 31.5 Å². The molecule has 82 valence electrons. The van der Waals surface area contributed by atoms with Crippen LogP contribution in [0.25, 0.3) is 0 Å². The standard InChI is InChI=1S/C11H14O4/c1-13-11-6-8(12)2-3-10(11)15-9-4-5-14-7-9/h2-3,6,9,12H,4-5,7H2,1H3. The summed E-state index contributed by atoms with van der Waals surface area (Å²) in [6.45, 7) is 1.36. The molecule has 1 heterocycles. The third-order valence-corrected chi connectivity index (χ3v) is 2.33. The van der Waals surface area contributed by atoms with E-state index in [9.17, 15) is 5.11 Å². The molecule has 0 amide bonds. The number of phenols is 1. The average molecular weight is 210 g/mol. The lowest BCUT2D eigenvalue weighted by atomic mass is 10.2. The highest BCUT2D eigenvalue weighted by Gasteiger charge is 2.18. The molecular formula is C11H14O4. The number of aromatic hydroxyl groups is 1. The molecule has 4 heteroatoms. The molecule has 1 fully saturated rings. The fourth-order valence-electron chi connectivity index (χ4n) is 1.54. The Labute approximate surface area is 88.4 Å². The largest absolute Gasteiger partial charge is 0.508 e. The summed E-state index contributed by atoms with van der Waals surface area (Å²) in [6, 6.07) is 4.81. The Morgan fingerprint density at radius 3 is 2.93 bits per heavy atom. The number of hydrogen-bond acceptors (Lipinski definition) is 4. The molecule has 1 N–H and O–H groups in total. The number of benzene rings is 1. The highest BCUT2D eigenvalue weighted by molar-refractivity contribution is 5.45. The van der Waals surface area contributed by atoms with Gasteiger partial charge in [0.25, 0.3) is 0 Å². The van der Waals surface area contributed by atoms with Crippen molar-refractivity contribution >= 4 is 0 Å². The molecule has 4 nitrogen and oxygen atoms in total. The lowest BCUT2D eigenvalue weighted by Gasteiger charge is -2.14. The van der Waals surface area contributed by atoms with Crippen LogP contribution >= 0.6 is 0 Å². The van der Waals surface area contributed by atoms with Crippen LogP contribution < -0.4 is 9.47 Å². The number of methoxy groups -OCH3 is 1. The smallest absolute Gasteiger partial charge is 0.164 e. The molecule has 1 aliphatic heterocycles. The second kappa shape index (κ2) is 4.40. The second-order valence-corrected chi connectivity index (χ2v) is 3.44. The van der Waals surface area contributed by atoms with E-state index < -0.39 is 0 Å². The quantitative estimate of drug-likeness (QED) is 0.822. The lowest BCUT2D eigenvalue weighted by molar-refractivity contribution is 0.138. The Kier molecular flexibility index (Phi) is 2.97. The molecule has 1 saturated heterocycles. The van der Waals surface area contributed by atoms with Crippen LogP contribution in [0.4, 0.5) is 0 Å². The van der Waals surface area contributed by atoms with Gasteiger partial charge in [0.1, 0.15) is 11.9 Å². The number of phenolic OH excluding ortho intramolecular Hbond substituents is 1. The first kappa shape index (κ1) is 10.1. The van der Waals surface area contributed by atoms with Crippen LogP contribution in [0, 0.1) is 0 Å². The van der Waals surface area contributed by atoms with Crippen LogP contribution in [-0.2, 0) is 4.74 Å². The molecule has 0 aromatic heterocycles. The Balaban J connectivity index is 2.12. The van der Waals surface area contributed by atoms with Crippen molar-refractivity contribution in [3.05, 3.63) is 18.2 Å². The van der Waals surface area contributed by atoms with Crippen LogP contribution in [0.2, 0.25) is 0 Å². The van der Waals surface area contributed by atoms with Gasteiger partial charge in [-0.15, -0.1) is 0 Å². The zero-order valence-electron chi connectivity index (χ0n) is 8.60. The fourth-order valence-corrected chi connectivity index (χ4v) is 1.54. The van der Waals surface area contributed by atoms with Gasteiger partial charge in [0.2, 0.25) is 0 Å². The first-order valence-electron chi connectivity index (χ1n) is 4.91. The van der Waals surface area contributed by atoms with Gasteiger partial charge in [-0.05, 0) is 12.1 Å². The Hall–Kier alpha value is -1.42. The third kappa shape index (κ3) is 2.33. The van der Waals surface area contributed by atoms with Gasteiger partial charge in [0, 0.05) is 12.5 Å². The SMILES string of the molecule is COc1cc(O)ccc1OC1CCOC1. The summed E-state index contributed by atoms with van der Waals surface area (Å²) < 4.78 is 16.0. The van der Waals surface area contributed by atoms with Crippen molar-refractivity contribution in [3.63, 3.8) is 0 Å². The van der Waals surface area contributed by atoms with Gasteiger partial charge in [-0.1, -0.05) is 0 Å². The lowest BCUT2D eigenvalue weighted by Crippen LogP contribution is -2.16. The predicted molar refractivity (Wildman–Crippen MR) is 54.5 cm³/mol. The van der Waals surface area contributed by atoms with Gasteiger partial charge in [-0.2, -0.15) is 0 Å². The molecule has 1 aliphatic rings. The number of ether oxygens (including phenoxy) is 3. The van der Waals surface area contributed by atoms with Crippen LogP contribution in [0.3, 0.4) is 0 Å². The summed E-state index contributed by atoms with van der Waals surface area (Å²) in [5.41, 5.74) is 0. The van der Waals surface area contributed by atoms with E-state index in [2.05, 4.69) is 0 Å². The number of hydrogen-bond donors (Lipinski definition) is 1. The van der Waals surface area contributed by atoms with Crippen molar-refractivity contribution in [2.24, 2.45) is 0 Å². The first-order valence-corrected chi connectivity index (χ1v) is 4.91. The molecule has 1 atom stereocenters. The van der Waals surface area contributed by atoms with Crippen molar-refractivity contribution in [2.45, 2.75) is 12.5 Å². The fraction of sp³-hybridized carbons (Fsp3) is 0.455. The van der Waals surface area contributed by atoms with Crippen LogP contribution in [0.1, 0.15) is 6.42 Å². The maximum Gasteiger partial charge on any atom is 0.164 e. The summed E-state index contributed by atoms with van der Waals surface area (Å²) in [6.07, 6.45) is 0.979. The van der Waals surface area contributed by atoms with Gasteiger partial charge >= 0.3 is 0 Å². The average Bonchev–Trinajstić information content (AvgIpc) is 2.73. The molecule has 15 heavy (non-hydrogen) atoms. The van der Waals surface area contributed by atoms with E-state index in [1.807, 2.05) is 0 Å². The van der Waals surface area contributed by atoms with Gasteiger partial charge in [0.15, 0.2) is 11.5 Å². The maximum atomic E-state index is 9.27. The van der Waals surface area contributed by atoms with Gasteiger partial charge < -0.3 is 19.3 Å². The molecule has 2 rings (SSSR count). The topological polar surface area (TPSA) is 47.9 Å². The Bertz CT molecular complexity index is 331. The van der Waals surface area contributed by atoms with Crippen molar-refractivity contribution in [1.82, 2.24) is 0 Å². The molecule has 1 unspecified atom stereocenters. The van der Waals surface area contributed by atoms with E-state index in [1.165, 1.54) is 6.07 Å². The summed E-state index contributed by atoms with van der Waals surface area (Å²) in [7, 11) is 1.55. The van der Waals surface area contributed by atoms with E-state index >= 15 is 0 Å². The van der Waals surface area contributed by atoms with E-state index in [0.29, 0.717) is 18.1 Å². The third-order valence-electron chi connectivity index (χ3n) is 2.33. The Morgan fingerprint density at radius 1 is 1.40 bits per heavy atom. The van der Waals surface area contributed by atoms with Gasteiger partial charge in [-0.3, -0.25) is 0 Å². The zero-order valence-corrected chi connectivity index (χ0v) is 8.60. The van der Waals surface area contributed by atoms with Crippen LogP contribution in [0.5, 0.6) is 17.2 Å². The van der Waals surface area contributed by atoms with Crippen molar-refractivity contribution in [1.29, 1.82) is 0 Å². The van der Waals surface area contributed by atoms with Crippen molar-refractivity contribution in [3.8, 4) is 17.2 Å². The summed E-state index contributed by atoms with van der Waals surface area (Å²) in [4.78, 5) is 0. The predicted octanol–water partition coefficient (Wildman–Crippen LogP) is 1.57. The summed E-state index contributed by atoms with van der Waals surface area (Å²) >= 11 is 0.